The summed E-state index contributed by atoms with van der Waals surface area (Å²) in [6.45, 7) is 7.82. The van der Waals surface area contributed by atoms with Crippen molar-refractivity contribution in [2.75, 3.05) is 13.1 Å². The number of nitrogens with zero attached hydrogens (tertiary/aromatic N) is 2. The molecule has 0 atom stereocenters. The van der Waals surface area contributed by atoms with Gasteiger partial charge in [-0.3, -0.25) is 0 Å². The van der Waals surface area contributed by atoms with Crippen molar-refractivity contribution in [3.63, 3.8) is 0 Å². The van der Waals surface area contributed by atoms with Gasteiger partial charge in [0.2, 0.25) is 0 Å². The van der Waals surface area contributed by atoms with Crippen molar-refractivity contribution in [3.8, 4) is 0 Å². The fraction of sp³-hybridized carbons (Fsp3) is 0.727. The van der Waals surface area contributed by atoms with E-state index in [9.17, 15) is 0 Å². The third-order valence-corrected chi connectivity index (χ3v) is 3.38. The predicted octanol–water partition coefficient (Wildman–Crippen LogP) is 1.54. The van der Waals surface area contributed by atoms with Crippen LogP contribution >= 0.6 is 0 Å². The highest BCUT2D eigenvalue weighted by Gasteiger charge is 2.31. The number of hydrogen-bond acceptors (Lipinski definition) is 2. The summed E-state index contributed by atoms with van der Waals surface area (Å²) in [5.74, 6) is 0. The minimum atomic E-state index is 0.331. The molecule has 3 heteroatoms. The van der Waals surface area contributed by atoms with Gasteiger partial charge in [-0.05, 0) is 32.9 Å². The summed E-state index contributed by atoms with van der Waals surface area (Å²) in [6.07, 6.45) is 6.43. The maximum Gasteiger partial charge on any atom is 0.0948 e. The van der Waals surface area contributed by atoms with E-state index in [1.54, 1.807) is 0 Å². The molecule has 1 N–H and O–H groups in total. The van der Waals surface area contributed by atoms with E-state index in [0.29, 0.717) is 5.41 Å². The van der Waals surface area contributed by atoms with Crippen LogP contribution in [-0.4, -0.2) is 22.6 Å². The molecule has 14 heavy (non-hydrogen) atoms. The minimum Gasteiger partial charge on any atom is -0.334 e. The first-order valence-corrected chi connectivity index (χ1v) is 5.47. The standard InChI is InChI=1S/C11H19N3/c1-3-14-9-13-8-10(14)11(2)4-6-12-7-5-11/h8-9,12H,3-7H2,1-2H3. The van der Waals surface area contributed by atoms with Crippen molar-refractivity contribution < 1.29 is 0 Å². The lowest BCUT2D eigenvalue weighted by Crippen LogP contribution is -2.38. The summed E-state index contributed by atoms with van der Waals surface area (Å²) in [5, 5.41) is 3.41. The van der Waals surface area contributed by atoms with Crippen LogP contribution in [0.4, 0.5) is 0 Å². The normalized spacial score (nSPS) is 21.0. The number of hydrogen-bond donors (Lipinski definition) is 1. The average Bonchev–Trinajstić information content (AvgIpc) is 2.67. The topological polar surface area (TPSA) is 29.9 Å². The van der Waals surface area contributed by atoms with Gasteiger partial charge in [-0.1, -0.05) is 6.92 Å². The highest BCUT2D eigenvalue weighted by molar-refractivity contribution is 5.15. The van der Waals surface area contributed by atoms with Gasteiger partial charge in [-0.2, -0.15) is 0 Å². The van der Waals surface area contributed by atoms with Gasteiger partial charge in [0, 0.05) is 23.9 Å². The third-order valence-electron chi connectivity index (χ3n) is 3.38. The smallest absolute Gasteiger partial charge is 0.0948 e. The second-order valence-corrected chi connectivity index (χ2v) is 4.38. The summed E-state index contributed by atoms with van der Waals surface area (Å²) < 4.78 is 2.27. The molecule has 0 aliphatic carbocycles. The molecule has 2 rings (SSSR count). The zero-order valence-corrected chi connectivity index (χ0v) is 9.08. The van der Waals surface area contributed by atoms with E-state index in [0.717, 1.165) is 19.6 Å². The summed E-state index contributed by atoms with van der Waals surface area (Å²) in [6, 6.07) is 0. The highest BCUT2D eigenvalue weighted by atomic mass is 15.1. The van der Waals surface area contributed by atoms with Crippen LogP contribution in [0, 0.1) is 0 Å². The molecule has 1 aliphatic rings. The molecule has 0 amide bonds. The van der Waals surface area contributed by atoms with Gasteiger partial charge >= 0.3 is 0 Å². The quantitative estimate of drug-likeness (QED) is 0.772. The average molecular weight is 193 g/mol. The molecule has 1 aromatic rings. The van der Waals surface area contributed by atoms with E-state index < -0.39 is 0 Å². The monoisotopic (exact) mass is 193 g/mol. The molecule has 0 bridgehead atoms. The fourth-order valence-electron chi connectivity index (χ4n) is 2.31. The molecule has 1 aromatic heterocycles. The molecule has 1 fully saturated rings. The largest absolute Gasteiger partial charge is 0.334 e. The second-order valence-electron chi connectivity index (χ2n) is 4.38. The SMILES string of the molecule is CCn1cncc1C1(C)CCNCC1. The van der Waals surface area contributed by atoms with Crippen LogP contribution < -0.4 is 5.32 Å². The Balaban J connectivity index is 2.27. The molecule has 0 aromatic carbocycles. The Morgan fingerprint density at radius 2 is 2.21 bits per heavy atom. The maximum atomic E-state index is 4.26. The van der Waals surface area contributed by atoms with Crippen LogP contribution in [0.2, 0.25) is 0 Å². The Bertz CT molecular complexity index is 297. The van der Waals surface area contributed by atoms with Crippen LogP contribution in [0.5, 0.6) is 0 Å². The van der Waals surface area contributed by atoms with E-state index >= 15 is 0 Å². The molecular formula is C11H19N3. The van der Waals surface area contributed by atoms with Crippen molar-refractivity contribution in [2.24, 2.45) is 0 Å². The van der Waals surface area contributed by atoms with Crippen LogP contribution in [0.1, 0.15) is 32.4 Å². The molecule has 0 unspecified atom stereocenters. The van der Waals surface area contributed by atoms with E-state index in [2.05, 4.69) is 28.7 Å². The summed E-state index contributed by atoms with van der Waals surface area (Å²) >= 11 is 0. The van der Waals surface area contributed by atoms with E-state index in [1.807, 2.05) is 12.5 Å². The minimum absolute atomic E-state index is 0.331. The number of piperidine rings is 1. The van der Waals surface area contributed by atoms with Gasteiger partial charge in [0.05, 0.1) is 6.33 Å². The van der Waals surface area contributed by atoms with Crippen molar-refractivity contribution >= 4 is 0 Å². The molecule has 0 spiro atoms. The zero-order chi connectivity index (χ0) is 10.0. The molecule has 0 radical (unpaired) electrons. The summed E-state index contributed by atoms with van der Waals surface area (Å²) in [7, 11) is 0. The van der Waals surface area contributed by atoms with Crippen LogP contribution in [0.25, 0.3) is 0 Å². The number of rotatable bonds is 2. The Hall–Kier alpha value is -0.830. The Kier molecular flexibility index (Phi) is 2.59. The van der Waals surface area contributed by atoms with Gasteiger partial charge in [0.1, 0.15) is 0 Å². The zero-order valence-electron chi connectivity index (χ0n) is 9.08. The van der Waals surface area contributed by atoms with E-state index in [1.165, 1.54) is 18.5 Å². The van der Waals surface area contributed by atoms with E-state index in [4.69, 9.17) is 0 Å². The fourth-order valence-corrected chi connectivity index (χ4v) is 2.31. The second kappa shape index (κ2) is 3.73. The van der Waals surface area contributed by atoms with Gasteiger partial charge in [-0.25, -0.2) is 4.98 Å². The van der Waals surface area contributed by atoms with Gasteiger partial charge < -0.3 is 9.88 Å². The van der Waals surface area contributed by atoms with Crippen molar-refractivity contribution in [1.29, 1.82) is 0 Å². The number of nitrogens with one attached hydrogen (secondary N) is 1. The van der Waals surface area contributed by atoms with Crippen LogP contribution in [-0.2, 0) is 12.0 Å². The summed E-state index contributed by atoms with van der Waals surface area (Å²) in [5.41, 5.74) is 1.74. The Morgan fingerprint density at radius 1 is 1.50 bits per heavy atom. The number of aromatic nitrogens is 2. The first-order chi connectivity index (χ1) is 6.76. The molecule has 1 aliphatic heterocycles. The van der Waals surface area contributed by atoms with Crippen LogP contribution in [0.3, 0.4) is 0 Å². The number of aryl methyl sites for hydroxylation is 1. The highest BCUT2D eigenvalue weighted by Crippen LogP contribution is 2.32. The Labute approximate surface area is 85.5 Å². The van der Waals surface area contributed by atoms with Gasteiger partial charge in [0.25, 0.3) is 0 Å². The van der Waals surface area contributed by atoms with Gasteiger partial charge in [-0.15, -0.1) is 0 Å². The lowest BCUT2D eigenvalue weighted by atomic mass is 9.78. The van der Waals surface area contributed by atoms with Gasteiger partial charge in [0.15, 0.2) is 0 Å². The first kappa shape index (κ1) is 9.71. The molecule has 3 nitrogen and oxygen atoms in total. The lowest BCUT2D eigenvalue weighted by molar-refractivity contribution is 0.318. The third kappa shape index (κ3) is 1.57. The molecule has 2 heterocycles. The van der Waals surface area contributed by atoms with Crippen molar-refractivity contribution in [3.05, 3.63) is 18.2 Å². The van der Waals surface area contributed by atoms with Crippen molar-refractivity contribution in [1.82, 2.24) is 14.9 Å². The number of imidazole rings is 1. The van der Waals surface area contributed by atoms with E-state index in [-0.39, 0.29) is 0 Å². The molecular weight excluding hydrogens is 174 g/mol. The lowest BCUT2D eigenvalue weighted by Gasteiger charge is -2.34. The molecule has 0 saturated carbocycles. The maximum absolute atomic E-state index is 4.26. The summed E-state index contributed by atoms with van der Waals surface area (Å²) in [4.78, 5) is 4.26. The van der Waals surface area contributed by atoms with Crippen LogP contribution in [0.15, 0.2) is 12.5 Å². The van der Waals surface area contributed by atoms with Crippen molar-refractivity contribution in [2.45, 2.75) is 38.6 Å². The molecule has 1 saturated heterocycles. The molecule has 78 valence electrons. The predicted molar refractivity (Wildman–Crippen MR) is 57.4 cm³/mol. The Morgan fingerprint density at radius 3 is 2.86 bits per heavy atom. The first-order valence-electron chi connectivity index (χ1n) is 5.47.